The number of amidine groups is 2. The van der Waals surface area contributed by atoms with Gasteiger partial charge in [0.2, 0.25) is 0 Å². The van der Waals surface area contributed by atoms with Crippen LogP contribution in [-0.2, 0) is 12.0 Å². The Balaban J connectivity index is 1.25. The molecule has 6 aromatic carbocycles. The molecule has 0 aliphatic heterocycles. The number of fused-ring (bicyclic) bond motifs is 5. The minimum Gasteiger partial charge on any atom is -0.383 e. The van der Waals surface area contributed by atoms with Gasteiger partial charge >= 0.3 is 0 Å². The molecule has 0 saturated carbocycles. The van der Waals surface area contributed by atoms with Crippen LogP contribution < -0.4 is 5.73 Å². The Morgan fingerprint density at radius 3 is 1.82 bits per heavy atom. The molecule has 0 bridgehead atoms. The van der Waals surface area contributed by atoms with Crippen molar-refractivity contribution in [1.82, 2.24) is 0 Å². The number of allylic oxidation sites excluding steroid dienone is 10. The number of nitrogens with zero attached hydrogens (tertiary/aromatic N) is 2. The second kappa shape index (κ2) is 15.9. The molecule has 0 amide bonds. The van der Waals surface area contributed by atoms with Crippen molar-refractivity contribution in [3.05, 3.63) is 251 Å². The number of aliphatic imine (C=N–C) groups is 2. The van der Waals surface area contributed by atoms with E-state index >= 15 is 0 Å². The first-order valence-electron chi connectivity index (χ1n) is 19.4. The Labute approximate surface area is 336 Å². The zero-order chi connectivity index (χ0) is 39.4. The van der Waals surface area contributed by atoms with Crippen LogP contribution in [0.3, 0.4) is 0 Å². The van der Waals surface area contributed by atoms with Crippen molar-refractivity contribution >= 4 is 11.7 Å². The van der Waals surface area contributed by atoms with Gasteiger partial charge in [-0.25, -0.2) is 4.99 Å². The maximum atomic E-state index is 6.58. The molecule has 0 heterocycles. The van der Waals surface area contributed by atoms with Crippen molar-refractivity contribution in [3.63, 3.8) is 0 Å². The molecule has 2 aliphatic carbocycles. The summed E-state index contributed by atoms with van der Waals surface area (Å²) in [7, 11) is 0. The molecular weight excluding hydrogens is 691 g/mol. The van der Waals surface area contributed by atoms with Gasteiger partial charge in [0.15, 0.2) is 5.84 Å². The lowest BCUT2D eigenvalue weighted by molar-refractivity contribution is 0.777. The number of rotatable bonds is 10. The quantitative estimate of drug-likeness (QED) is 0.0850. The smallest absolute Gasteiger partial charge is 0.157 e. The highest BCUT2D eigenvalue weighted by Gasteiger charge is 2.51. The number of benzene rings is 6. The third-order valence-corrected chi connectivity index (χ3v) is 11.2. The molecule has 3 heteroatoms. The van der Waals surface area contributed by atoms with E-state index in [2.05, 4.69) is 154 Å². The third-order valence-electron chi connectivity index (χ3n) is 11.2. The molecule has 0 fully saturated rings. The third kappa shape index (κ3) is 6.68. The van der Waals surface area contributed by atoms with Gasteiger partial charge in [-0.05, 0) is 98.3 Å². The highest BCUT2D eigenvalue weighted by molar-refractivity contribution is 6.11. The summed E-state index contributed by atoms with van der Waals surface area (Å²) in [6.07, 6.45) is 12.4. The standard InChI is InChI=1S/C54H45N3/c1-5-7-30-47-37(3)38(4)48(31-8-6-2)54(47)49-32-16-15-28-46(49)51-45(29-19-33-50(51)54)43-26-17-24-41(34-43)42-25-18-27-44(35-42)53(56-36-39-20-11-9-12-21-39)57-52(55)40-22-13-10-14-23-40/h5-35H,1-2,36H2,3-4H3,(H2,55,56,57)/b30-7-,31-8-. The summed E-state index contributed by atoms with van der Waals surface area (Å²) in [6.45, 7) is 13.0. The number of nitrogens with two attached hydrogens (primary N) is 1. The summed E-state index contributed by atoms with van der Waals surface area (Å²) in [4.78, 5) is 9.91. The fraction of sp³-hybridized carbons (Fsp3) is 0.0741. The average Bonchev–Trinajstić information content (AvgIpc) is 3.67. The highest BCUT2D eigenvalue weighted by atomic mass is 15.0. The molecule has 0 unspecified atom stereocenters. The molecule has 0 aromatic heterocycles. The topological polar surface area (TPSA) is 50.7 Å². The van der Waals surface area contributed by atoms with Crippen molar-refractivity contribution in [3.8, 4) is 33.4 Å². The van der Waals surface area contributed by atoms with E-state index in [4.69, 9.17) is 15.7 Å². The minimum atomic E-state index is -0.474. The molecule has 8 rings (SSSR count). The SMILES string of the molecule is C=C/C=C\C1=C(C)C(C)=C(/C=C\C=C)C12c1ccccc1-c1c(-c3cccc(-c4cccc(C(N=C(N)c5ccccc5)=NCc5ccccc5)c4)c3)cccc12. The first kappa shape index (κ1) is 36.9. The van der Waals surface area contributed by atoms with Crippen LogP contribution in [0.1, 0.15) is 41.7 Å². The van der Waals surface area contributed by atoms with Gasteiger partial charge < -0.3 is 5.73 Å². The van der Waals surface area contributed by atoms with Crippen LogP contribution in [0.15, 0.2) is 234 Å². The van der Waals surface area contributed by atoms with Crippen molar-refractivity contribution in [2.45, 2.75) is 25.8 Å². The lowest BCUT2D eigenvalue weighted by atomic mass is 9.68. The fourth-order valence-corrected chi connectivity index (χ4v) is 8.52. The lowest BCUT2D eigenvalue weighted by Gasteiger charge is -2.33. The molecule has 6 aromatic rings. The summed E-state index contributed by atoms with van der Waals surface area (Å²) >= 11 is 0. The second-order valence-corrected chi connectivity index (χ2v) is 14.4. The lowest BCUT2D eigenvalue weighted by Crippen LogP contribution is -2.27. The van der Waals surface area contributed by atoms with Crippen LogP contribution in [0.5, 0.6) is 0 Å². The van der Waals surface area contributed by atoms with Gasteiger partial charge in [-0.2, -0.15) is 0 Å². The maximum absolute atomic E-state index is 6.58. The van der Waals surface area contributed by atoms with Crippen LogP contribution in [-0.4, -0.2) is 11.7 Å². The Morgan fingerprint density at radius 2 is 1.12 bits per heavy atom. The Hall–Kier alpha value is -7.10. The summed E-state index contributed by atoms with van der Waals surface area (Å²) in [5, 5.41) is 0. The van der Waals surface area contributed by atoms with Crippen LogP contribution in [0.25, 0.3) is 33.4 Å². The van der Waals surface area contributed by atoms with Gasteiger partial charge in [0.1, 0.15) is 5.84 Å². The summed E-state index contributed by atoms with van der Waals surface area (Å²) in [5.41, 5.74) is 23.7. The van der Waals surface area contributed by atoms with Crippen LogP contribution >= 0.6 is 0 Å². The molecule has 2 N–H and O–H groups in total. The van der Waals surface area contributed by atoms with E-state index in [1.807, 2.05) is 60.7 Å². The van der Waals surface area contributed by atoms with Gasteiger partial charge in [-0.15, -0.1) is 0 Å². The van der Waals surface area contributed by atoms with E-state index in [1.165, 1.54) is 50.1 Å². The number of hydrogen-bond acceptors (Lipinski definition) is 1. The molecule has 57 heavy (non-hydrogen) atoms. The van der Waals surface area contributed by atoms with Crippen LogP contribution in [0.2, 0.25) is 0 Å². The predicted molar refractivity (Wildman–Crippen MR) is 241 cm³/mol. The minimum absolute atomic E-state index is 0.425. The van der Waals surface area contributed by atoms with E-state index in [-0.39, 0.29) is 0 Å². The molecule has 3 nitrogen and oxygen atoms in total. The van der Waals surface area contributed by atoms with Crippen LogP contribution in [0, 0.1) is 0 Å². The second-order valence-electron chi connectivity index (χ2n) is 14.4. The first-order chi connectivity index (χ1) is 27.9. The van der Waals surface area contributed by atoms with E-state index < -0.39 is 5.41 Å². The van der Waals surface area contributed by atoms with E-state index in [9.17, 15) is 0 Å². The zero-order valence-corrected chi connectivity index (χ0v) is 32.5. The summed E-state index contributed by atoms with van der Waals surface area (Å²) in [5.74, 6) is 1.02. The Morgan fingerprint density at radius 1 is 0.579 bits per heavy atom. The largest absolute Gasteiger partial charge is 0.383 e. The zero-order valence-electron chi connectivity index (χ0n) is 32.5. The van der Waals surface area contributed by atoms with Crippen molar-refractivity contribution in [1.29, 1.82) is 0 Å². The molecule has 0 saturated heterocycles. The van der Waals surface area contributed by atoms with Gasteiger partial charge in [0.05, 0.1) is 12.0 Å². The molecule has 2 aliphatic rings. The Kier molecular flexibility index (Phi) is 10.3. The molecular formula is C54H45N3. The average molecular weight is 736 g/mol. The summed E-state index contributed by atoms with van der Waals surface area (Å²) in [6, 6.07) is 53.1. The normalized spacial score (nSPS) is 14.8. The van der Waals surface area contributed by atoms with Gasteiger partial charge in [0, 0.05) is 11.1 Å². The van der Waals surface area contributed by atoms with Crippen LogP contribution in [0.4, 0.5) is 0 Å². The molecule has 1 spiro atoms. The van der Waals surface area contributed by atoms with Gasteiger partial charge in [-0.3, -0.25) is 4.99 Å². The first-order valence-corrected chi connectivity index (χ1v) is 19.4. The van der Waals surface area contributed by atoms with E-state index in [0.717, 1.165) is 33.4 Å². The molecule has 0 radical (unpaired) electrons. The van der Waals surface area contributed by atoms with Gasteiger partial charge in [-0.1, -0.05) is 189 Å². The molecule has 0 atom stereocenters. The van der Waals surface area contributed by atoms with Crippen molar-refractivity contribution in [2.75, 3.05) is 0 Å². The Bertz CT molecular complexity index is 2660. The van der Waals surface area contributed by atoms with E-state index in [1.54, 1.807) is 0 Å². The van der Waals surface area contributed by atoms with Crippen molar-refractivity contribution in [2.24, 2.45) is 15.7 Å². The fourth-order valence-electron chi connectivity index (χ4n) is 8.52. The molecule has 276 valence electrons. The van der Waals surface area contributed by atoms with Gasteiger partial charge in [0.25, 0.3) is 0 Å². The van der Waals surface area contributed by atoms with Crippen molar-refractivity contribution < 1.29 is 0 Å². The number of hydrogen-bond donors (Lipinski definition) is 1. The summed E-state index contributed by atoms with van der Waals surface area (Å²) < 4.78 is 0. The highest BCUT2D eigenvalue weighted by Crippen LogP contribution is 2.63. The predicted octanol–water partition coefficient (Wildman–Crippen LogP) is 12.8. The maximum Gasteiger partial charge on any atom is 0.157 e. The monoisotopic (exact) mass is 735 g/mol. The van der Waals surface area contributed by atoms with E-state index in [0.29, 0.717) is 18.2 Å².